The smallest absolute Gasteiger partial charge is 0.311 e. The summed E-state index contributed by atoms with van der Waals surface area (Å²) < 4.78 is 10.2. The van der Waals surface area contributed by atoms with E-state index in [9.17, 15) is 9.59 Å². The van der Waals surface area contributed by atoms with E-state index >= 15 is 0 Å². The van der Waals surface area contributed by atoms with Gasteiger partial charge in [0.1, 0.15) is 5.02 Å². The monoisotopic (exact) mass is 332 g/mol. The molecule has 1 atom stereocenters. The first kappa shape index (κ1) is 17.8. The molecule has 0 saturated heterocycles. The Bertz CT molecular complexity index is 502. The summed E-state index contributed by atoms with van der Waals surface area (Å²) in [6.45, 7) is 3.84. The van der Waals surface area contributed by atoms with Crippen molar-refractivity contribution in [3.63, 3.8) is 0 Å². The minimum atomic E-state index is -0.556. The highest BCUT2D eigenvalue weighted by molar-refractivity contribution is 6.43. The lowest BCUT2D eigenvalue weighted by Gasteiger charge is -2.12. The minimum absolute atomic E-state index is 0.0227. The van der Waals surface area contributed by atoms with Gasteiger partial charge in [-0.1, -0.05) is 42.6 Å². The van der Waals surface area contributed by atoms with E-state index in [0.29, 0.717) is 5.02 Å². The second-order valence-corrected chi connectivity index (χ2v) is 5.40. The van der Waals surface area contributed by atoms with Crippen LogP contribution in [0.2, 0.25) is 10.0 Å². The van der Waals surface area contributed by atoms with E-state index in [1.807, 2.05) is 13.8 Å². The second kappa shape index (κ2) is 8.90. The Morgan fingerprint density at radius 2 is 1.86 bits per heavy atom. The Morgan fingerprint density at radius 3 is 2.52 bits per heavy atom. The molecule has 4 nitrogen and oxygen atoms in total. The quantitative estimate of drug-likeness (QED) is 0.548. The van der Waals surface area contributed by atoms with Gasteiger partial charge in [0.25, 0.3) is 0 Å². The van der Waals surface area contributed by atoms with E-state index < -0.39 is 11.9 Å². The Balaban J connectivity index is 2.41. The van der Waals surface area contributed by atoms with Gasteiger partial charge in [-0.2, -0.15) is 0 Å². The molecule has 1 unspecified atom stereocenters. The maximum absolute atomic E-state index is 11.7. The molecule has 1 aromatic rings. The summed E-state index contributed by atoms with van der Waals surface area (Å²) in [4.78, 5) is 23.2. The molecule has 0 aromatic heterocycles. The normalized spacial score (nSPS) is 11.8. The van der Waals surface area contributed by atoms with Crippen LogP contribution in [0, 0.1) is 0 Å². The molecule has 1 aromatic carbocycles. The zero-order chi connectivity index (χ0) is 15.8. The third-order valence-corrected chi connectivity index (χ3v) is 3.50. The van der Waals surface area contributed by atoms with Crippen molar-refractivity contribution in [2.45, 2.75) is 45.6 Å². The summed E-state index contributed by atoms with van der Waals surface area (Å²) in [5, 5.41) is 0.474. The fraction of sp³-hybridized carbons (Fsp3) is 0.467. The molecule has 0 aliphatic carbocycles. The number of carbonyl (C=O) groups is 2. The number of hydrogen-bond donors (Lipinski definition) is 0. The molecule has 0 N–H and O–H groups in total. The fourth-order valence-electron chi connectivity index (χ4n) is 1.69. The van der Waals surface area contributed by atoms with Gasteiger partial charge in [0.05, 0.1) is 24.0 Å². The Morgan fingerprint density at radius 1 is 1.19 bits per heavy atom. The standard InChI is InChI=1S/C15H18Cl2O4/c1-3-5-10(2)20-13(18)8-9-14(19)21-12-7-4-6-11(16)15(12)17/h4,6-7,10H,3,5,8-9H2,1-2H3. The van der Waals surface area contributed by atoms with Crippen LogP contribution in [0.4, 0.5) is 0 Å². The van der Waals surface area contributed by atoms with Gasteiger partial charge in [0.2, 0.25) is 0 Å². The first-order chi connectivity index (χ1) is 9.93. The molecule has 6 heteroatoms. The van der Waals surface area contributed by atoms with Gasteiger partial charge in [0, 0.05) is 0 Å². The van der Waals surface area contributed by atoms with Crippen LogP contribution in [-0.2, 0) is 14.3 Å². The number of ether oxygens (including phenoxy) is 2. The fourth-order valence-corrected chi connectivity index (χ4v) is 2.02. The molecule has 0 aliphatic rings. The minimum Gasteiger partial charge on any atom is -0.463 e. The van der Waals surface area contributed by atoms with Crippen LogP contribution >= 0.6 is 23.2 Å². The largest absolute Gasteiger partial charge is 0.463 e. The summed E-state index contributed by atoms with van der Waals surface area (Å²) in [5.41, 5.74) is 0. The van der Waals surface area contributed by atoms with Gasteiger partial charge in [-0.25, -0.2) is 0 Å². The topological polar surface area (TPSA) is 52.6 Å². The van der Waals surface area contributed by atoms with Gasteiger partial charge in [-0.15, -0.1) is 0 Å². The molecule has 21 heavy (non-hydrogen) atoms. The van der Waals surface area contributed by atoms with Crippen molar-refractivity contribution < 1.29 is 19.1 Å². The predicted molar refractivity (Wildman–Crippen MR) is 81.8 cm³/mol. The Kier molecular flexibility index (Phi) is 7.54. The summed E-state index contributed by atoms with van der Waals surface area (Å²) in [7, 11) is 0. The van der Waals surface area contributed by atoms with Crippen LogP contribution in [0.25, 0.3) is 0 Å². The molecule has 0 heterocycles. The van der Waals surface area contributed by atoms with Gasteiger partial charge < -0.3 is 9.47 Å². The van der Waals surface area contributed by atoms with Gasteiger partial charge in [-0.3, -0.25) is 9.59 Å². The average molecular weight is 333 g/mol. The molecule has 0 bridgehead atoms. The molecular weight excluding hydrogens is 315 g/mol. The molecule has 0 amide bonds. The lowest BCUT2D eigenvalue weighted by atomic mass is 10.2. The summed E-state index contributed by atoms with van der Waals surface area (Å²) in [6, 6.07) is 4.75. The molecule has 0 radical (unpaired) electrons. The van der Waals surface area contributed by atoms with Crippen molar-refractivity contribution in [1.82, 2.24) is 0 Å². The third kappa shape index (κ3) is 6.36. The van der Waals surface area contributed by atoms with Crippen LogP contribution in [-0.4, -0.2) is 18.0 Å². The molecule has 0 aliphatic heterocycles. The molecule has 1 rings (SSSR count). The van der Waals surface area contributed by atoms with Crippen molar-refractivity contribution in [1.29, 1.82) is 0 Å². The van der Waals surface area contributed by atoms with E-state index in [1.165, 1.54) is 6.07 Å². The van der Waals surface area contributed by atoms with Crippen molar-refractivity contribution in [2.75, 3.05) is 0 Å². The number of benzene rings is 1. The molecule has 116 valence electrons. The molecular formula is C15H18Cl2O4. The number of halogens is 2. The van der Waals surface area contributed by atoms with Crippen LogP contribution < -0.4 is 4.74 Å². The van der Waals surface area contributed by atoms with Gasteiger partial charge in [0.15, 0.2) is 5.75 Å². The zero-order valence-electron chi connectivity index (χ0n) is 12.0. The Hall–Kier alpha value is -1.26. The number of esters is 2. The van der Waals surface area contributed by atoms with E-state index in [-0.39, 0.29) is 29.7 Å². The lowest BCUT2D eigenvalue weighted by Crippen LogP contribution is -2.17. The van der Waals surface area contributed by atoms with Gasteiger partial charge in [-0.05, 0) is 25.5 Å². The first-order valence-corrected chi connectivity index (χ1v) is 7.53. The molecule has 0 spiro atoms. The maximum Gasteiger partial charge on any atom is 0.311 e. The van der Waals surface area contributed by atoms with Crippen LogP contribution in [0.5, 0.6) is 5.75 Å². The zero-order valence-corrected chi connectivity index (χ0v) is 13.5. The van der Waals surface area contributed by atoms with Crippen LogP contribution in [0.3, 0.4) is 0 Å². The highest BCUT2D eigenvalue weighted by atomic mass is 35.5. The molecule has 0 saturated carbocycles. The SMILES string of the molecule is CCCC(C)OC(=O)CCC(=O)Oc1cccc(Cl)c1Cl. The van der Waals surface area contributed by atoms with E-state index in [0.717, 1.165) is 12.8 Å². The van der Waals surface area contributed by atoms with Crippen molar-refractivity contribution >= 4 is 35.1 Å². The highest BCUT2D eigenvalue weighted by Gasteiger charge is 2.14. The third-order valence-electron chi connectivity index (χ3n) is 2.70. The summed E-state index contributed by atoms with van der Waals surface area (Å²) in [5.74, 6) is -0.786. The second-order valence-electron chi connectivity index (χ2n) is 4.62. The highest BCUT2D eigenvalue weighted by Crippen LogP contribution is 2.31. The van der Waals surface area contributed by atoms with Gasteiger partial charge >= 0.3 is 11.9 Å². The summed E-state index contributed by atoms with van der Waals surface area (Å²) >= 11 is 11.7. The van der Waals surface area contributed by atoms with E-state index in [4.69, 9.17) is 32.7 Å². The van der Waals surface area contributed by atoms with Crippen LogP contribution in [0.15, 0.2) is 18.2 Å². The number of carbonyl (C=O) groups excluding carboxylic acids is 2. The predicted octanol–water partition coefficient (Wildman–Crippen LogP) is 4.41. The van der Waals surface area contributed by atoms with E-state index in [2.05, 4.69) is 0 Å². The molecule has 0 fully saturated rings. The number of hydrogen-bond acceptors (Lipinski definition) is 4. The Labute approximate surface area is 134 Å². The number of rotatable bonds is 7. The average Bonchev–Trinajstić information content (AvgIpc) is 2.42. The van der Waals surface area contributed by atoms with Crippen molar-refractivity contribution in [2.24, 2.45) is 0 Å². The van der Waals surface area contributed by atoms with E-state index in [1.54, 1.807) is 12.1 Å². The van der Waals surface area contributed by atoms with Crippen LogP contribution in [0.1, 0.15) is 39.5 Å². The lowest BCUT2D eigenvalue weighted by molar-refractivity contribution is -0.151. The first-order valence-electron chi connectivity index (χ1n) is 6.78. The summed E-state index contributed by atoms with van der Waals surface area (Å²) in [6.07, 6.45) is 1.50. The van der Waals surface area contributed by atoms with Crippen molar-refractivity contribution in [3.05, 3.63) is 28.2 Å². The maximum atomic E-state index is 11.7. The van der Waals surface area contributed by atoms with Crippen molar-refractivity contribution in [3.8, 4) is 5.75 Å².